The van der Waals surface area contributed by atoms with Gasteiger partial charge in [0.2, 0.25) is 0 Å². The summed E-state index contributed by atoms with van der Waals surface area (Å²) in [4.78, 5) is 0. The lowest BCUT2D eigenvalue weighted by Gasteiger charge is -2.21. The van der Waals surface area contributed by atoms with E-state index in [0.29, 0.717) is 27.5 Å². The monoisotopic (exact) mass is 673 g/mol. The van der Waals surface area contributed by atoms with Gasteiger partial charge in [0.15, 0.2) is 0 Å². The first-order valence-electron chi connectivity index (χ1n) is 15.7. The number of hydrogen-bond acceptors (Lipinski definition) is 1. The summed E-state index contributed by atoms with van der Waals surface area (Å²) in [5.41, 5.74) is 2.25. The molecule has 9 heteroatoms. The van der Waals surface area contributed by atoms with E-state index in [1.165, 1.54) is 18.2 Å². The van der Waals surface area contributed by atoms with Crippen LogP contribution in [0, 0.1) is 25.2 Å². The molecule has 50 heavy (non-hydrogen) atoms. The number of para-hydroxylation sites is 2. The molecule has 0 fully saturated rings. The minimum Gasteiger partial charge on any atom is -0.308 e. The highest BCUT2D eigenvalue weighted by atomic mass is 19.4. The van der Waals surface area contributed by atoms with E-state index < -0.39 is 23.5 Å². The first-order valence-corrected chi connectivity index (χ1v) is 15.7. The number of hydrogen-bond donors (Lipinski definition) is 0. The van der Waals surface area contributed by atoms with Crippen LogP contribution in [0.2, 0.25) is 0 Å². The van der Waals surface area contributed by atoms with E-state index >= 15 is 0 Å². The smallest absolute Gasteiger partial charge is 0.308 e. The van der Waals surface area contributed by atoms with Crippen LogP contribution in [0.5, 0.6) is 0 Å². The Hall–Kier alpha value is -6.01. The molecule has 0 saturated heterocycles. The van der Waals surface area contributed by atoms with Gasteiger partial charge in [-0.1, -0.05) is 66.7 Å². The van der Waals surface area contributed by atoms with Gasteiger partial charge in [-0.3, -0.25) is 0 Å². The summed E-state index contributed by atoms with van der Waals surface area (Å²) in [6, 6.07) is 33.2. The van der Waals surface area contributed by atoms with Gasteiger partial charge in [0, 0.05) is 21.5 Å². The van der Waals surface area contributed by atoms with Crippen molar-refractivity contribution in [2.24, 2.45) is 0 Å². The third-order valence-electron chi connectivity index (χ3n) is 9.39. The molecule has 0 aliphatic rings. The van der Waals surface area contributed by atoms with E-state index in [9.17, 15) is 31.6 Å². The Balaban J connectivity index is 1.60. The number of aryl methyl sites for hydroxylation is 2. The van der Waals surface area contributed by atoms with Gasteiger partial charge in [-0.15, -0.1) is 0 Å². The molecule has 0 unspecified atom stereocenters. The largest absolute Gasteiger partial charge is 0.417 e. The lowest BCUT2D eigenvalue weighted by molar-refractivity contribution is -0.138. The fraction of sp³-hybridized carbons (Fsp3) is 0.0976. The number of rotatable bonds is 3. The van der Waals surface area contributed by atoms with Crippen molar-refractivity contribution in [2.75, 3.05) is 0 Å². The predicted octanol–water partition coefficient (Wildman–Crippen LogP) is 12.1. The normalized spacial score (nSPS) is 12.4. The number of halogens is 6. The van der Waals surface area contributed by atoms with Crippen molar-refractivity contribution in [3.63, 3.8) is 0 Å². The Bertz CT molecular complexity index is 2720. The second-order valence-corrected chi connectivity index (χ2v) is 12.5. The molecule has 0 bridgehead atoms. The highest BCUT2D eigenvalue weighted by Gasteiger charge is 2.35. The van der Waals surface area contributed by atoms with Crippen molar-refractivity contribution in [2.45, 2.75) is 26.2 Å². The van der Waals surface area contributed by atoms with E-state index in [2.05, 4.69) is 6.07 Å². The molecule has 8 rings (SSSR count). The summed E-state index contributed by atoms with van der Waals surface area (Å²) in [6.07, 6.45) is -9.38. The van der Waals surface area contributed by atoms with Gasteiger partial charge in [0.25, 0.3) is 0 Å². The van der Waals surface area contributed by atoms with E-state index in [4.69, 9.17) is 0 Å². The summed E-state index contributed by atoms with van der Waals surface area (Å²) in [5.74, 6) is 0. The minimum atomic E-state index is -4.71. The van der Waals surface area contributed by atoms with Crippen molar-refractivity contribution in [1.82, 2.24) is 9.13 Å². The molecule has 2 heterocycles. The average molecular weight is 674 g/mol. The molecule has 0 amide bonds. The van der Waals surface area contributed by atoms with Crippen LogP contribution < -0.4 is 0 Å². The van der Waals surface area contributed by atoms with Crippen LogP contribution in [-0.2, 0) is 12.4 Å². The second kappa shape index (κ2) is 11.0. The zero-order chi connectivity index (χ0) is 35.1. The molecule has 0 atom stereocenters. The molecule has 3 nitrogen and oxygen atoms in total. The van der Waals surface area contributed by atoms with Crippen LogP contribution in [0.4, 0.5) is 26.3 Å². The number of fused-ring (bicyclic) bond motifs is 6. The van der Waals surface area contributed by atoms with Crippen LogP contribution in [0.3, 0.4) is 0 Å². The van der Waals surface area contributed by atoms with Crippen molar-refractivity contribution >= 4 is 43.6 Å². The third kappa shape index (κ3) is 4.74. The summed E-state index contributed by atoms with van der Waals surface area (Å²) in [5, 5.41) is 13.9. The van der Waals surface area contributed by atoms with Gasteiger partial charge in [-0.05, 0) is 84.6 Å². The van der Waals surface area contributed by atoms with Crippen molar-refractivity contribution in [3.05, 3.63) is 143 Å². The number of nitriles is 1. The number of benzene rings is 6. The van der Waals surface area contributed by atoms with E-state index in [0.717, 1.165) is 45.6 Å². The Morgan fingerprint density at radius 1 is 0.540 bits per heavy atom. The van der Waals surface area contributed by atoms with Gasteiger partial charge in [-0.25, -0.2) is 0 Å². The zero-order valence-corrected chi connectivity index (χ0v) is 26.6. The minimum absolute atomic E-state index is 0.0827. The first kappa shape index (κ1) is 31.3. The number of aromatic nitrogens is 2. The Kier molecular flexibility index (Phi) is 6.88. The topological polar surface area (TPSA) is 33.6 Å². The average Bonchev–Trinajstić information content (AvgIpc) is 3.58. The molecule has 0 radical (unpaired) electrons. The van der Waals surface area contributed by atoms with Crippen LogP contribution >= 0.6 is 0 Å². The van der Waals surface area contributed by atoms with Gasteiger partial charge in [0.05, 0.1) is 44.6 Å². The maximum absolute atomic E-state index is 14.7. The highest BCUT2D eigenvalue weighted by molar-refractivity contribution is 6.11. The van der Waals surface area contributed by atoms with Gasteiger partial charge in [-0.2, -0.15) is 31.6 Å². The molecule has 0 aliphatic heterocycles. The molecule has 2 aromatic heterocycles. The van der Waals surface area contributed by atoms with Gasteiger partial charge < -0.3 is 9.13 Å². The first-order chi connectivity index (χ1) is 23.9. The Morgan fingerprint density at radius 2 is 1.08 bits per heavy atom. The van der Waals surface area contributed by atoms with E-state index in [-0.39, 0.29) is 27.9 Å². The van der Waals surface area contributed by atoms with Crippen LogP contribution in [0.1, 0.15) is 27.8 Å². The standard InChI is InChI=1S/C41H25F6N3/c1-23-14-16-29-27-9-3-5-12-33(27)49(35(29)18-23)36-19-25(39-24(2)8-7-11-32(39)41(45,46)47)20-37(31(36)22-48)50-34-13-6-4-10-28(34)30-17-15-26(21-38(30)50)40(42,43)44/h3-21H,1-2H3. The van der Waals surface area contributed by atoms with Crippen LogP contribution in [-0.4, -0.2) is 9.13 Å². The molecule has 8 aromatic rings. The molecule has 0 saturated carbocycles. The Morgan fingerprint density at radius 3 is 1.64 bits per heavy atom. The maximum atomic E-state index is 14.7. The fourth-order valence-electron chi connectivity index (χ4n) is 7.26. The Labute approximate surface area is 281 Å². The molecule has 0 spiro atoms. The quantitative estimate of drug-likeness (QED) is 0.172. The summed E-state index contributed by atoms with van der Waals surface area (Å²) in [7, 11) is 0. The molecular formula is C41H25F6N3. The third-order valence-corrected chi connectivity index (χ3v) is 9.39. The van der Waals surface area contributed by atoms with Crippen molar-refractivity contribution in [1.29, 1.82) is 5.26 Å². The predicted molar refractivity (Wildman–Crippen MR) is 185 cm³/mol. The lowest BCUT2D eigenvalue weighted by atomic mass is 9.92. The lowest BCUT2D eigenvalue weighted by Crippen LogP contribution is -2.10. The van der Waals surface area contributed by atoms with Crippen LogP contribution in [0.25, 0.3) is 66.1 Å². The van der Waals surface area contributed by atoms with E-state index in [1.807, 2.05) is 54.0 Å². The molecule has 246 valence electrons. The molecule has 0 N–H and O–H groups in total. The van der Waals surface area contributed by atoms with Gasteiger partial charge in [0.1, 0.15) is 11.6 Å². The summed E-state index contributed by atoms with van der Waals surface area (Å²) >= 11 is 0. The van der Waals surface area contributed by atoms with Crippen LogP contribution in [0.15, 0.2) is 115 Å². The number of nitrogens with zero attached hydrogens (tertiary/aromatic N) is 3. The summed E-state index contributed by atoms with van der Waals surface area (Å²) < 4.78 is 89.9. The maximum Gasteiger partial charge on any atom is 0.417 e. The molecule has 6 aromatic carbocycles. The molecular weight excluding hydrogens is 648 g/mol. The fourth-order valence-corrected chi connectivity index (χ4v) is 7.26. The van der Waals surface area contributed by atoms with Gasteiger partial charge >= 0.3 is 12.4 Å². The van der Waals surface area contributed by atoms with E-state index in [1.54, 1.807) is 47.9 Å². The summed E-state index contributed by atoms with van der Waals surface area (Å²) in [6.45, 7) is 3.51. The SMILES string of the molecule is Cc1ccc2c3ccccc3n(-c3cc(-c4c(C)cccc4C(F)(F)F)cc(-n4c5ccccc5c5ccc(C(F)(F)F)cc54)c3C#N)c2c1. The zero-order valence-electron chi connectivity index (χ0n) is 26.6. The second-order valence-electron chi connectivity index (χ2n) is 12.5. The highest BCUT2D eigenvalue weighted by Crippen LogP contribution is 2.44. The van der Waals surface area contributed by atoms with Crippen molar-refractivity contribution in [3.8, 4) is 28.6 Å². The molecule has 0 aliphatic carbocycles. The van der Waals surface area contributed by atoms with Crippen molar-refractivity contribution < 1.29 is 26.3 Å². The number of alkyl halides is 6.